The lowest BCUT2D eigenvalue weighted by molar-refractivity contribution is -0.121. The number of hydrogen-bond donors (Lipinski definition) is 2. The lowest BCUT2D eigenvalue weighted by Crippen LogP contribution is -2.26. The molecule has 20 heavy (non-hydrogen) atoms. The molecule has 0 fully saturated rings. The van der Waals surface area contributed by atoms with Crippen LogP contribution in [0, 0.1) is 0 Å². The van der Waals surface area contributed by atoms with Crippen molar-refractivity contribution in [3.8, 4) is 0 Å². The van der Waals surface area contributed by atoms with Crippen LogP contribution in [0.4, 0.5) is 0 Å². The van der Waals surface area contributed by atoms with E-state index in [1.807, 2.05) is 6.07 Å². The highest BCUT2D eigenvalue weighted by atomic mass is 32.1. The van der Waals surface area contributed by atoms with Crippen molar-refractivity contribution in [3.63, 3.8) is 0 Å². The Balaban J connectivity index is 1.85. The van der Waals surface area contributed by atoms with Gasteiger partial charge in [0.2, 0.25) is 5.91 Å². The van der Waals surface area contributed by atoms with Crippen LogP contribution in [0.15, 0.2) is 28.2 Å². The molecule has 0 spiro atoms. The molecule has 0 aliphatic rings. The maximum atomic E-state index is 11.8. The van der Waals surface area contributed by atoms with Crippen LogP contribution < -0.4 is 5.32 Å². The van der Waals surface area contributed by atoms with E-state index in [1.54, 1.807) is 19.3 Å². The van der Waals surface area contributed by atoms with E-state index in [4.69, 9.17) is 9.52 Å². The topological polar surface area (TPSA) is 92.4 Å². The van der Waals surface area contributed by atoms with E-state index in [9.17, 15) is 9.59 Å². The molecule has 1 amide bonds. The Morgan fingerprint density at radius 3 is 2.95 bits per heavy atom. The number of carboxylic acid groups (broad SMARTS) is 1. The summed E-state index contributed by atoms with van der Waals surface area (Å²) in [5.41, 5.74) is 0.00156. The van der Waals surface area contributed by atoms with Crippen molar-refractivity contribution >= 4 is 23.2 Å². The Kier molecular flexibility index (Phi) is 4.52. The zero-order chi connectivity index (χ0) is 14.5. The fourth-order valence-electron chi connectivity index (χ4n) is 1.65. The van der Waals surface area contributed by atoms with Gasteiger partial charge in [-0.05, 0) is 19.1 Å². The van der Waals surface area contributed by atoms with Crippen molar-refractivity contribution in [1.82, 2.24) is 10.3 Å². The van der Waals surface area contributed by atoms with E-state index in [0.29, 0.717) is 17.8 Å². The minimum Gasteiger partial charge on any atom is -0.476 e. The number of furan rings is 1. The number of nitrogens with one attached hydrogen (secondary N) is 1. The molecule has 0 aliphatic heterocycles. The molecule has 106 valence electrons. The highest BCUT2D eigenvalue weighted by Gasteiger charge is 2.16. The number of rotatable bonds is 6. The predicted molar refractivity (Wildman–Crippen MR) is 72.7 cm³/mol. The van der Waals surface area contributed by atoms with Crippen LogP contribution in [0.1, 0.15) is 40.6 Å². The fourth-order valence-corrected chi connectivity index (χ4v) is 2.45. The molecule has 0 saturated heterocycles. The maximum absolute atomic E-state index is 11.8. The Morgan fingerprint density at radius 2 is 2.35 bits per heavy atom. The maximum Gasteiger partial charge on any atom is 0.355 e. The molecule has 0 radical (unpaired) electrons. The Morgan fingerprint density at radius 1 is 1.55 bits per heavy atom. The first-order valence-corrected chi connectivity index (χ1v) is 6.94. The van der Waals surface area contributed by atoms with E-state index in [-0.39, 0.29) is 17.6 Å². The van der Waals surface area contributed by atoms with Crippen molar-refractivity contribution in [2.45, 2.75) is 25.8 Å². The molecule has 2 aromatic heterocycles. The number of carbonyl (C=O) groups is 2. The first kappa shape index (κ1) is 14.3. The summed E-state index contributed by atoms with van der Waals surface area (Å²) >= 11 is 1.22. The summed E-state index contributed by atoms with van der Waals surface area (Å²) in [5, 5.41) is 13.6. The number of aryl methyl sites for hydroxylation is 1. The molecule has 1 unspecified atom stereocenters. The number of carbonyl (C=O) groups excluding carboxylic acids is 1. The van der Waals surface area contributed by atoms with Gasteiger partial charge in [0.25, 0.3) is 0 Å². The van der Waals surface area contributed by atoms with Crippen LogP contribution in [0.2, 0.25) is 0 Å². The summed E-state index contributed by atoms with van der Waals surface area (Å²) in [5.74, 6) is -0.431. The average molecular weight is 294 g/mol. The van der Waals surface area contributed by atoms with Gasteiger partial charge in [-0.25, -0.2) is 9.78 Å². The summed E-state index contributed by atoms with van der Waals surface area (Å²) < 4.78 is 5.15. The van der Waals surface area contributed by atoms with Crippen molar-refractivity contribution in [2.24, 2.45) is 0 Å². The Hall–Kier alpha value is -2.15. The summed E-state index contributed by atoms with van der Waals surface area (Å²) in [6, 6.07) is 3.28. The minimum absolute atomic E-state index is 0.00156. The van der Waals surface area contributed by atoms with Gasteiger partial charge in [-0.2, -0.15) is 0 Å². The first-order valence-electron chi connectivity index (χ1n) is 6.06. The number of thiazole rings is 1. The van der Waals surface area contributed by atoms with E-state index in [2.05, 4.69) is 10.3 Å². The number of amides is 1. The first-order chi connectivity index (χ1) is 9.56. The second-order valence-electron chi connectivity index (χ2n) is 4.24. The van der Waals surface area contributed by atoms with Crippen molar-refractivity contribution in [3.05, 3.63) is 40.2 Å². The minimum atomic E-state index is -1.07. The molecular weight excluding hydrogens is 280 g/mol. The van der Waals surface area contributed by atoms with Gasteiger partial charge in [-0.1, -0.05) is 0 Å². The monoisotopic (exact) mass is 294 g/mol. The zero-order valence-electron chi connectivity index (χ0n) is 10.8. The van der Waals surface area contributed by atoms with Gasteiger partial charge in [0, 0.05) is 18.2 Å². The second kappa shape index (κ2) is 6.33. The van der Waals surface area contributed by atoms with Crippen LogP contribution in [0.25, 0.3) is 0 Å². The smallest absolute Gasteiger partial charge is 0.355 e. The lowest BCUT2D eigenvalue weighted by atomic mass is 10.2. The molecule has 7 heteroatoms. The molecule has 2 heterocycles. The number of aromatic nitrogens is 1. The lowest BCUT2D eigenvalue weighted by Gasteiger charge is -2.10. The zero-order valence-corrected chi connectivity index (χ0v) is 11.6. The molecule has 0 aliphatic carbocycles. The summed E-state index contributed by atoms with van der Waals surface area (Å²) in [4.78, 5) is 26.5. The molecule has 0 saturated carbocycles. The van der Waals surface area contributed by atoms with E-state index >= 15 is 0 Å². The molecule has 0 aromatic carbocycles. The van der Waals surface area contributed by atoms with Crippen LogP contribution in [-0.4, -0.2) is 22.0 Å². The molecular formula is C13H14N2O4S. The van der Waals surface area contributed by atoms with E-state index in [0.717, 1.165) is 5.76 Å². The van der Waals surface area contributed by atoms with Crippen LogP contribution in [-0.2, 0) is 11.2 Å². The van der Waals surface area contributed by atoms with Crippen LogP contribution in [0.5, 0.6) is 0 Å². The fraction of sp³-hybridized carbons (Fsp3) is 0.308. The van der Waals surface area contributed by atoms with Crippen molar-refractivity contribution < 1.29 is 19.1 Å². The third kappa shape index (κ3) is 3.67. The van der Waals surface area contributed by atoms with Gasteiger partial charge in [0.15, 0.2) is 5.69 Å². The van der Waals surface area contributed by atoms with Gasteiger partial charge in [0.1, 0.15) is 10.8 Å². The van der Waals surface area contributed by atoms with Gasteiger partial charge in [0.05, 0.1) is 12.3 Å². The van der Waals surface area contributed by atoms with Crippen molar-refractivity contribution in [2.75, 3.05) is 0 Å². The predicted octanol–water partition coefficient (Wildman–Crippen LogP) is 2.24. The van der Waals surface area contributed by atoms with E-state index < -0.39 is 5.97 Å². The molecule has 2 aromatic rings. The highest BCUT2D eigenvalue weighted by molar-refractivity contribution is 7.09. The number of hydrogen-bond acceptors (Lipinski definition) is 5. The SMILES string of the molecule is CC(NC(=O)CCc1ccco1)c1nc(C(=O)O)cs1. The van der Waals surface area contributed by atoms with Crippen LogP contribution in [0.3, 0.4) is 0 Å². The number of aromatic carboxylic acids is 1. The van der Waals surface area contributed by atoms with Gasteiger partial charge >= 0.3 is 5.97 Å². The largest absolute Gasteiger partial charge is 0.476 e. The summed E-state index contributed by atoms with van der Waals surface area (Å²) in [6.45, 7) is 1.77. The molecule has 2 N–H and O–H groups in total. The number of carboxylic acids is 1. The Bertz CT molecular complexity index is 591. The summed E-state index contributed by atoms with van der Waals surface area (Å²) in [6.07, 6.45) is 2.41. The molecule has 2 rings (SSSR count). The molecule has 1 atom stereocenters. The number of nitrogens with zero attached hydrogens (tertiary/aromatic N) is 1. The third-order valence-corrected chi connectivity index (χ3v) is 3.69. The van der Waals surface area contributed by atoms with Gasteiger partial charge in [-0.3, -0.25) is 4.79 Å². The second-order valence-corrected chi connectivity index (χ2v) is 5.13. The third-order valence-electron chi connectivity index (χ3n) is 2.67. The quantitative estimate of drug-likeness (QED) is 0.852. The normalized spacial score (nSPS) is 12.1. The molecule has 6 nitrogen and oxygen atoms in total. The Labute approximate surface area is 119 Å². The van der Waals surface area contributed by atoms with Gasteiger partial charge in [-0.15, -0.1) is 11.3 Å². The van der Waals surface area contributed by atoms with Gasteiger partial charge < -0.3 is 14.8 Å². The highest BCUT2D eigenvalue weighted by Crippen LogP contribution is 2.18. The average Bonchev–Trinajstić information content (AvgIpc) is 3.07. The van der Waals surface area contributed by atoms with Crippen LogP contribution >= 0.6 is 11.3 Å². The van der Waals surface area contributed by atoms with E-state index in [1.165, 1.54) is 16.7 Å². The molecule has 0 bridgehead atoms. The van der Waals surface area contributed by atoms with Crippen molar-refractivity contribution in [1.29, 1.82) is 0 Å². The standard InChI is InChI=1S/C13H14N2O4S/c1-8(12-15-10(7-20-12)13(17)18)14-11(16)5-4-9-3-2-6-19-9/h2-3,6-8H,4-5H2,1H3,(H,14,16)(H,17,18). The summed E-state index contributed by atoms with van der Waals surface area (Å²) in [7, 11) is 0.